The Morgan fingerprint density at radius 2 is 2.08 bits per heavy atom. The van der Waals surface area contributed by atoms with E-state index in [1.165, 1.54) is 0 Å². The fraction of sp³-hybridized carbons (Fsp3) is 0.222. The van der Waals surface area contributed by atoms with Crippen molar-refractivity contribution < 1.29 is 4.79 Å². The first-order valence-corrected chi connectivity index (χ1v) is 5.04. The van der Waals surface area contributed by atoms with E-state index in [0.717, 1.165) is 16.5 Å². The van der Waals surface area contributed by atoms with E-state index in [0.29, 0.717) is 6.42 Å². The van der Waals surface area contributed by atoms with Crippen molar-refractivity contribution in [2.45, 2.75) is 11.8 Å². The van der Waals surface area contributed by atoms with Crippen LogP contribution in [-0.2, 0) is 16.5 Å². The summed E-state index contributed by atoms with van der Waals surface area (Å²) in [6.07, 6.45) is 0.308. The average molecular weight is 248 g/mol. The Morgan fingerprint density at radius 3 is 2.67 bits per heavy atom. The Kier molecular flexibility index (Phi) is 3.76. The van der Waals surface area contributed by atoms with Crippen LogP contribution in [0.1, 0.15) is 11.1 Å². The molecule has 1 nitrogen and oxygen atoms in total. The van der Waals surface area contributed by atoms with E-state index >= 15 is 0 Å². The molecule has 0 aliphatic rings. The maximum Gasteiger partial charge on any atom is 0.226 e. The number of hydrogen-bond acceptors (Lipinski definition) is 1. The highest BCUT2D eigenvalue weighted by Crippen LogP contribution is 2.10. The molecule has 0 unspecified atom stereocenters. The summed E-state index contributed by atoms with van der Waals surface area (Å²) in [5.41, 5.74) is 2.12. The molecule has 0 atom stereocenters. The van der Waals surface area contributed by atoms with Crippen molar-refractivity contribution in [2.24, 2.45) is 0 Å². The molecule has 1 aromatic rings. The molecule has 0 aliphatic heterocycles. The summed E-state index contributed by atoms with van der Waals surface area (Å²) in [7, 11) is 0. The second-order valence-electron chi connectivity index (χ2n) is 2.49. The second kappa shape index (κ2) is 4.63. The summed E-state index contributed by atoms with van der Waals surface area (Å²) in [5, 5.41) is 0.485. The Labute approximate surface area is 84.9 Å². The van der Waals surface area contributed by atoms with Crippen molar-refractivity contribution in [3.05, 3.63) is 35.4 Å². The van der Waals surface area contributed by atoms with E-state index in [1.807, 2.05) is 24.3 Å². The maximum atomic E-state index is 10.6. The summed E-state index contributed by atoms with van der Waals surface area (Å²) in [6.45, 7) is 0. The predicted octanol–water partition coefficient (Wildman–Crippen LogP) is 2.89. The number of hydrogen-bond donors (Lipinski definition) is 0. The molecule has 3 heteroatoms. The molecular formula is C9H8BrClO. The first-order valence-electron chi connectivity index (χ1n) is 3.54. The number of alkyl halides is 1. The predicted molar refractivity (Wildman–Crippen MR) is 53.6 cm³/mol. The zero-order valence-electron chi connectivity index (χ0n) is 6.39. The molecule has 0 spiro atoms. The Balaban J connectivity index is 2.79. The summed E-state index contributed by atoms with van der Waals surface area (Å²) in [6, 6.07) is 7.78. The normalized spacial score (nSPS) is 9.83. The van der Waals surface area contributed by atoms with Gasteiger partial charge in [0.15, 0.2) is 0 Å². The Hall–Kier alpha value is -0.340. The monoisotopic (exact) mass is 246 g/mol. The molecule has 0 fully saturated rings. The van der Waals surface area contributed by atoms with E-state index in [4.69, 9.17) is 11.6 Å². The number of carbonyl (C=O) groups excluding carboxylic acids is 1. The highest BCUT2D eigenvalue weighted by molar-refractivity contribution is 9.08. The Morgan fingerprint density at radius 1 is 1.42 bits per heavy atom. The highest BCUT2D eigenvalue weighted by Gasteiger charge is 1.99. The van der Waals surface area contributed by atoms with Gasteiger partial charge in [0.05, 0.1) is 0 Å². The summed E-state index contributed by atoms with van der Waals surface area (Å²) in [4.78, 5) is 10.6. The van der Waals surface area contributed by atoms with Gasteiger partial charge in [0.2, 0.25) is 5.24 Å². The van der Waals surface area contributed by atoms with E-state index < -0.39 is 0 Å². The van der Waals surface area contributed by atoms with Crippen LogP contribution in [0.2, 0.25) is 0 Å². The standard InChI is InChI=1S/C9H8BrClO/c10-6-8-3-1-2-7(4-8)5-9(11)12/h1-4H,5-6H2. The van der Waals surface area contributed by atoms with Crippen LogP contribution >= 0.6 is 27.5 Å². The quantitative estimate of drug-likeness (QED) is 0.593. The number of rotatable bonds is 3. The summed E-state index contributed by atoms with van der Waals surface area (Å²) >= 11 is 8.60. The van der Waals surface area contributed by atoms with Crippen molar-refractivity contribution in [2.75, 3.05) is 0 Å². The van der Waals surface area contributed by atoms with Crippen molar-refractivity contribution in [1.82, 2.24) is 0 Å². The SMILES string of the molecule is O=C(Cl)Cc1cccc(CBr)c1. The molecule has 0 saturated heterocycles. The molecule has 0 amide bonds. The van der Waals surface area contributed by atoms with Gasteiger partial charge in [-0.1, -0.05) is 40.2 Å². The van der Waals surface area contributed by atoms with Crippen LogP contribution in [0.25, 0.3) is 0 Å². The van der Waals surface area contributed by atoms with Gasteiger partial charge < -0.3 is 0 Å². The fourth-order valence-electron chi connectivity index (χ4n) is 0.983. The van der Waals surface area contributed by atoms with Crippen molar-refractivity contribution in [3.63, 3.8) is 0 Å². The van der Waals surface area contributed by atoms with Crippen molar-refractivity contribution in [1.29, 1.82) is 0 Å². The van der Waals surface area contributed by atoms with Crippen LogP contribution in [0.5, 0.6) is 0 Å². The van der Waals surface area contributed by atoms with E-state index in [1.54, 1.807) is 0 Å². The third kappa shape index (κ3) is 2.95. The van der Waals surface area contributed by atoms with Gasteiger partial charge in [0.25, 0.3) is 0 Å². The zero-order chi connectivity index (χ0) is 8.97. The molecule has 64 valence electrons. The Bertz CT molecular complexity index is 286. The molecular weight excluding hydrogens is 239 g/mol. The molecule has 1 rings (SSSR count). The summed E-state index contributed by atoms with van der Waals surface area (Å²) < 4.78 is 0. The molecule has 0 heterocycles. The van der Waals surface area contributed by atoms with Crippen LogP contribution in [0, 0.1) is 0 Å². The second-order valence-corrected chi connectivity index (χ2v) is 3.47. The van der Waals surface area contributed by atoms with Crippen LogP contribution in [-0.4, -0.2) is 5.24 Å². The van der Waals surface area contributed by atoms with Gasteiger partial charge in [-0.05, 0) is 22.7 Å². The third-order valence-electron chi connectivity index (χ3n) is 1.49. The van der Waals surface area contributed by atoms with Crippen molar-refractivity contribution >= 4 is 32.8 Å². The molecule has 0 radical (unpaired) electrons. The van der Waals surface area contributed by atoms with Crippen LogP contribution in [0.3, 0.4) is 0 Å². The first-order chi connectivity index (χ1) is 5.72. The third-order valence-corrected chi connectivity index (χ3v) is 2.27. The topological polar surface area (TPSA) is 17.1 Å². The van der Waals surface area contributed by atoms with Gasteiger partial charge in [0.1, 0.15) is 0 Å². The van der Waals surface area contributed by atoms with Gasteiger partial charge in [-0.3, -0.25) is 4.79 Å². The van der Waals surface area contributed by atoms with E-state index in [2.05, 4.69) is 15.9 Å². The number of carbonyl (C=O) groups is 1. The van der Waals surface area contributed by atoms with Crippen molar-refractivity contribution in [3.8, 4) is 0 Å². The van der Waals surface area contributed by atoms with Crippen LogP contribution < -0.4 is 0 Å². The lowest BCUT2D eigenvalue weighted by Crippen LogP contribution is -1.93. The minimum absolute atomic E-state index is 0.308. The largest absolute Gasteiger partial charge is 0.281 e. The number of halogens is 2. The maximum absolute atomic E-state index is 10.6. The molecule has 12 heavy (non-hydrogen) atoms. The van der Waals surface area contributed by atoms with Crippen LogP contribution in [0.4, 0.5) is 0 Å². The van der Waals surface area contributed by atoms with E-state index in [-0.39, 0.29) is 5.24 Å². The van der Waals surface area contributed by atoms with Gasteiger partial charge >= 0.3 is 0 Å². The lowest BCUT2D eigenvalue weighted by Gasteiger charge is -1.98. The van der Waals surface area contributed by atoms with Gasteiger partial charge in [0, 0.05) is 11.8 Å². The van der Waals surface area contributed by atoms with Crippen LogP contribution in [0.15, 0.2) is 24.3 Å². The summed E-state index contributed by atoms with van der Waals surface area (Å²) in [5.74, 6) is 0. The zero-order valence-corrected chi connectivity index (χ0v) is 8.73. The molecule has 0 aliphatic carbocycles. The fourth-order valence-corrected chi connectivity index (χ4v) is 1.49. The minimum Gasteiger partial charge on any atom is -0.281 e. The first kappa shape index (κ1) is 9.75. The van der Waals surface area contributed by atoms with Gasteiger partial charge in [-0.25, -0.2) is 0 Å². The lowest BCUT2D eigenvalue weighted by atomic mass is 10.1. The molecule has 0 N–H and O–H groups in total. The smallest absolute Gasteiger partial charge is 0.226 e. The van der Waals surface area contributed by atoms with E-state index in [9.17, 15) is 4.79 Å². The minimum atomic E-state index is -0.318. The molecule has 1 aromatic carbocycles. The molecule has 0 saturated carbocycles. The van der Waals surface area contributed by atoms with Gasteiger partial charge in [-0.2, -0.15) is 0 Å². The van der Waals surface area contributed by atoms with Gasteiger partial charge in [-0.15, -0.1) is 0 Å². The highest BCUT2D eigenvalue weighted by atomic mass is 79.9. The molecule has 0 aromatic heterocycles. The number of benzene rings is 1. The average Bonchev–Trinajstić information content (AvgIpc) is 2.03. The molecule has 0 bridgehead atoms. The lowest BCUT2D eigenvalue weighted by molar-refractivity contribution is -0.111.